The number of hydrogen-bond acceptors (Lipinski definition) is 5. The molecule has 2 aromatic heterocycles. The molecule has 1 N–H and O–H groups in total. The lowest BCUT2D eigenvalue weighted by molar-refractivity contribution is -0.115. The van der Waals surface area contributed by atoms with Crippen LogP contribution in [0.15, 0.2) is 58.7 Å². The number of hydrogen-bond donors (Lipinski definition) is 1. The number of halogens is 1. The number of nitrogens with zero attached hydrogens (tertiary/aromatic N) is 3. The molecule has 4 aromatic rings. The molecule has 6 nitrogen and oxygen atoms in total. The van der Waals surface area contributed by atoms with Gasteiger partial charge >= 0.3 is 0 Å². The Labute approximate surface area is 163 Å². The van der Waals surface area contributed by atoms with Gasteiger partial charge in [-0.25, -0.2) is 18.9 Å². The summed E-state index contributed by atoms with van der Waals surface area (Å²) < 4.78 is 14.4. The third-order valence-electron chi connectivity index (χ3n) is 4.14. The van der Waals surface area contributed by atoms with E-state index in [1.807, 2.05) is 6.07 Å². The van der Waals surface area contributed by atoms with Crippen molar-refractivity contribution in [2.45, 2.75) is 13.3 Å². The van der Waals surface area contributed by atoms with Crippen molar-refractivity contribution in [1.29, 1.82) is 0 Å². The molecule has 0 saturated heterocycles. The van der Waals surface area contributed by atoms with Crippen molar-refractivity contribution in [1.82, 2.24) is 14.5 Å². The van der Waals surface area contributed by atoms with Gasteiger partial charge in [-0.15, -0.1) is 11.3 Å². The van der Waals surface area contributed by atoms with E-state index in [0.717, 1.165) is 0 Å². The van der Waals surface area contributed by atoms with Gasteiger partial charge in [0.15, 0.2) is 5.13 Å². The van der Waals surface area contributed by atoms with Crippen LogP contribution in [0, 0.1) is 12.7 Å². The number of fused-ring (bicyclic) bond motifs is 1. The molecule has 0 atom stereocenters. The summed E-state index contributed by atoms with van der Waals surface area (Å²) in [5.74, 6) is -0.114. The van der Waals surface area contributed by atoms with Crippen LogP contribution in [0.2, 0.25) is 0 Å². The van der Waals surface area contributed by atoms with Crippen LogP contribution < -0.4 is 10.9 Å². The lowest BCUT2D eigenvalue weighted by atomic mass is 10.2. The number of rotatable bonds is 4. The van der Waals surface area contributed by atoms with Crippen molar-refractivity contribution in [3.05, 3.63) is 81.6 Å². The van der Waals surface area contributed by atoms with E-state index in [2.05, 4.69) is 15.3 Å². The molecule has 0 aliphatic rings. The third kappa shape index (κ3) is 3.54. The van der Waals surface area contributed by atoms with Gasteiger partial charge < -0.3 is 5.32 Å². The monoisotopic (exact) mass is 394 g/mol. The SMILES string of the molecule is Cc1nc2ccccc2c(=O)n1-c1nc(CC(=O)Nc2ccc(F)cc2)cs1. The number of aromatic nitrogens is 3. The molecular formula is C20H15FN4O2S. The standard InChI is InChI=1S/C20H15FN4O2S/c1-12-22-17-5-3-2-4-16(17)19(27)25(12)20-24-15(11-28-20)10-18(26)23-14-8-6-13(21)7-9-14/h2-9,11H,10H2,1H3,(H,23,26). The molecule has 0 radical (unpaired) electrons. The normalized spacial score (nSPS) is 10.9. The zero-order valence-corrected chi connectivity index (χ0v) is 15.7. The van der Waals surface area contributed by atoms with E-state index in [1.54, 1.807) is 30.5 Å². The molecule has 0 aliphatic carbocycles. The Kier molecular flexibility index (Phi) is 4.70. The number of benzene rings is 2. The fraction of sp³-hybridized carbons (Fsp3) is 0.100. The van der Waals surface area contributed by atoms with Crippen molar-refractivity contribution in [2.75, 3.05) is 5.32 Å². The first kappa shape index (κ1) is 18.0. The van der Waals surface area contributed by atoms with E-state index in [1.165, 1.54) is 40.2 Å². The first-order chi connectivity index (χ1) is 13.5. The van der Waals surface area contributed by atoms with Crippen LogP contribution >= 0.6 is 11.3 Å². The first-order valence-electron chi connectivity index (χ1n) is 8.50. The maximum absolute atomic E-state index is 12.9. The molecule has 0 saturated carbocycles. The highest BCUT2D eigenvalue weighted by Gasteiger charge is 2.14. The van der Waals surface area contributed by atoms with E-state index in [0.29, 0.717) is 33.2 Å². The lowest BCUT2D eigenvalue weighted by Crippen LogP contribution is -2.22. The smallest absolute Gasteiger partial charge is 0.267 e. The molecule has 28 heavy (non-hydrogen) atoms. The number of anilines is 1. The maximum atomic E-state index is 12.9. The van der Waals surface area contributed by atoms with Gasteiger partial charge in [0.1, 0.15) is 11.6 Å². The summed E-state index contributed by atoms with van der Waals surface area (Å²) in [5, 5.41) is 5.40. The van der Waals surface area contributed by atoms with Crippen molar-refractivity contribution in [2.24, 2.45) is 0 Å². The average Bonchev–Trinajstić information content (AvgIpc) is 3.11. The molecular weight excluding hydrogens is 379 g/mol. The molecule has 4 rings (SSSR count). The first-order valence-corrected chi connectivity index (χ1v) is 9.38. The molecule has 1 amide bonds. The van der Waals surface area contributed by atoms with Gasteiger partial charge in [0, 0.05) is 11.1 Å². The predicted octanol–water partition coefficient (Wildman–Crippen LogP) is 3.47. The fourth-order valence-electron chi connectivity index (χ4n) is 2.85. The van der Waals surface area contributed by atoms with Gasteiger partial charge in [-0.05, 0) is 43.3 Å². The van der Waals surface area contributed by atoms with E-state index in [9.17, 15) is 14.0 Å². The summed E-state index contributed by atoms with van der Waals surface area (Å²) in [6.45, 7) is 1.75. The summed E-state index contributed by atoms with van der Waals surface area (Å²) in [6, 6.07) is 12.7. The van der Waals surface area contributed by atoms with Gasteiger partial charge in [-0.2, -0.15) is 0 Å². The zero-order valence-electron chi connectivity index (χ0n) is 14.8. The molecule has 140 valence electrons. The summed E-state index contributed by atoms with van der Waals surface area (Å²) in [7, 11) is 0. The Morgan fingerprint density at radius 3 is 2.68 bits per heavy atom. The van der Waals surface area contributed by atoms with E-state index in [4.69, 9.17) is 0 Å². The maximum Gasteiger partial charge on any atom is 0.267 e. The Balaban J connectivity index is 1.58. The fourth-order valence-corrected chi connectivity index (χ4v) is 3.72. The Hall–Kier alpha value is -3.39. The Morgan fingerprint density at radius 1 is 1.14 bits per heavy atom. The second-order valence-electron chi connectivity index (χ2n) is 6.17. The second kappa shape index (κ2) is 7.32. The Morgan fingerprint density at radius 2 is 1.89 bits per heavy atom. The number of nitrogens with one attached hydrogen (secondary N) is 1. The molecule has 8 heteroatoms. The second-order valence-corrected chi connectivity index (χ2v) is 7.01. The number of amides is 1. The van der Waals surface area contributed by atoms with Crippen molar-refractivity contribution in [3.63, 3.8) is 0 Å². The van der Waals surface area contributed by atoms with Gasteiger partial charge in [-0.1, -0.05) is 12.1 Å². The van der Waals surface area contributed by atoms with Gasteiger partial charge in [0.25, 0.3) is 5.56 Å². The molecule has 0 aliphatic heterocycles. The van der Waals surface area contributed by atoms with Gasteiger partial charge in [-0.3, -0.25) is 9.59 Å². The molecule has 0 spiro atoms. The van der Waals surface area contributed by atoms with Crippen molar-refractivity contribution < 1.29 is 9.18 Å². The van der Waals surface area contributed by atoms with Crippen LogP contribution in [0.3, 0.4) is 0 Å². The lowest BCUT2D eigenvalue weighted by Gasteiger charge is -2.07. The topological polar surface area (TPSA) is 76.9 Å². The average molecular weight is 394 g/mol. The third-order valence-corrected chi connectivity index (χ3v) is 5.02. The summed E-state index contributed by atoms with van der Waals surface area (Å²) >= 11 is 1.27. The number of carbonyl (C=O) groups is 1. The number of thiazole rings is 1. The molecule has 0 fully saturated rings. The minimum absolute atomic E-state index is 0.0443. The predicted molar refractivity (Wildman–Crippen MR) is 106 cm³/mol. The summed E-state index contributed by atoms with van der Waals surface area (Å²) in [5.41, 5.74) is 1.49. The number of aryl methyl sites for hydroxylation is 1. The van der Waals surface area contributed by atoms with Crippen LogP contribution in [-0.4, -0.2) is 20.4 Å². The van der Waals surface area contributed by atoms with E-state index in [-0.39, 0.29) is 23.7 Å². The summed E-state index contributed by atoms with van der Waals surface area (Å²) in [6.07, 6.45) is 0.0443. The van der Waals surface area contributed by atoms with Crippen LogP contribution in [0.25, 0.3) is 16.0 Å². The Bertz CT molecular complexity index is 1230. The van der Waals surface area contributed by atoms with Gasteiger partial charge in [0.05, 0.1) is 23.0 Å². The van der Waals surface area contributed by atoms with Crippen LogP contribution in [-0.2, 0) is 11.2 Å². The minimum atomic E-state index is -0.369. The van der Waals surface area contributed by atoms with Crippen LogP contribution in [0.5, 0.6) is 0 Å². The zero-order chi connectivity index (χ0) is 19.7. The van der Waals surface area contributed by atoms with Crippen molar-refractivity contribution in [3.8, 4) is 5.13 Å². The molecule has 2 heterocycles. The molecule has 0 bridgehead atoms. The molecule has 0 unspecified atom stereocenters. The quantitative estimate of drug-likeness (QED) is 0.575. The highest BCUT2D eigenvalue weighted by atomic mass is 32.1. The minimum Gasteiger partial charge on any atom is -0.326 e. The largest absolute Gasteiger partial charge is 0.326 e. The highest BCUT2D eigenvalue weighted by Crippen LogP contribution is 2.18. The van der Waals surface area contributed by atoms with Crippen LogP contribution in [0.4, 0.5) is 10.1 Å². The number of para-hydroxylation sites is 1. The van der Waals surface area contributed by atoms with E-state index >= 15 is 0 Å². The number of carbonyl (C=O) groups excluding carboxylic acids is 1. The summed E-state index contributed by atoms with van der Waals surface area (Å²) in [4.78, 5) is 33.9. The van der Waals surface area contributed by atoms with Crippen LogP contribution in [0.1, 0.15) is 11.5 Å². The highest BCUT2D eigenvalue weighted by molar-refractivity contribution is 7.12. The molecule has 2 aromatic carbocycles. The van der Waals surface area contributed by atoms with Gasteiger partial charge in [0.2, 0.25) is 5.91 Å². The van der Waals surface area contributed by atoms with E-state index < -0.39 is 0 Å². The van der Waals surface area contributed by atoms with Crippen molar-refractivity contribution >= 4 is 33.8 Å².